The quantitative estimate of drug-likeness (QED) is 0.776. The largest absolute Gasteiger partial charge is 0.494 e. The predicted molar refractivity (Wildman–Crippen MR) is 79.7 cm³/mol. The summed E-state index contributed by atoms with van der Waals surface area (Å²) in [5.74, 6) is 1.18. The highest BCUT2D eigenvalue weighted by atomic mass is 16.5. The number of hydrogen-bond acceptors (Lipinski definition) is 3. The van der Waals surface area contributed by atoms with E-state index in [0.29, 0.717) is 13.0 Å². The smallest absolute Gasteiger partial charge is 0.223 e. The van der Waals surface area contributed by atoms with Crippen LogP contribution in [0.2, 0.25) is 0 Å². The topological polar surface area (TPSA) is 41.6 Å². The van der Waals surface area contributed by atoms with Gasteiger partial charge >= 0.3 is 0 Å². The number of rotatable bonds is 7. The summed E-state index contributed by atoms with van der Waals surface area (Å²) in [6.45, 7) is 6.04. The molecule has 1 amide bonds. The Morgan fingerprint density at radius 3 is 2.90 bits per heavy atom. The summed E-state index contributed by atoms with van der Waals surface area (Å²) in [5, 5.41) is 3.32. The second-order valence-corrected chi connectivity index (χ2v) is 5.10. The lowest BCUT2D eigenvalue weighted by atomic mass is 10.2. The van der Waals surface area contributed by atoms with Crippen molar-refractivity contribution in [1.29, 1.82) is 0 Å². The van der Waals surface area contributed by atoms with Crippen molar-refractivity contribution in [2.45, 2.75) is 32.7 Å². The van der Waals surface area contributed by atoms with Crippen molar-refractivity contribution in [3.8, 4) is 5.75 Å². The van der Waals surface area contributed by atoms with Gasteiger partial charge < -0.3 is 15.0 Å². The van der Waals surface area contributed by atoms with Crippen LogP contribution in [0.5, 0.6) is 5.75 Å². The number of ether oxygens (including phenoxy) is 1. The number of nitrogens with zero attached hydrogens (tertiary/aromatic N) is 1. The number of amides is 1. The molecule has 0 unspecified atom stereocenters. The Kier molecular flexibility index (Phi) is 5.87. The maximum Gasteiger partial charge on any atom is 0.223 e. The third-order valence-corrected chi connectivity index (χ3v) is 3.51. The van der Waals surface area contributed by atoms with E-state index in [4.69, 9.17) is 4.74 Å². The van der Waals surface area contributed by atoms with Gasteiger partial charge in [0.2, 0.25) is 5.91 Å². The van der Waals surface area contributed by atoms with Gasteiger partial charge in [-0.15, -0.1) is 0 Å². The SMILES string of the molecule is CCOc1cccc(CNCCC(=O)N2CCCC2)c1. The van der Waals surface area contributed by atoms with Gasteiger partial charge in [0, 0.05) is 32.6 Å². The molecule has 1 N–H and O–H groups in total. The first kappa shape index (κ1) is 14.9. The summed E-state index contributed by atoms with van der Waals surface area (Å²) in [6.07, 6.45) is 2.90. The van der Waals surface area contributed by atoms with Gasteiger partial charge in [-0.25, -0.2) is 0 Å². The molecule has 2 rings (SSSR count). The summed E-state index contributed by atoms with van der Waals surface area (Å²) in [6, 6.07) is 8.07. The summed E-state index contributed by atoms with van der Waals surface area (Å²) in [4.78, 5) is 13.8. The zero-order valence-corrected chi connectivity index (χ0v) is 12.2. The van der Waals surface area contributed by atoms with Gasteiger partial charge in [0.1, 0.15) is 5.75 Å². The molecule has 1 aliphatic rings. The summed E-state index contributed by atoms with van der Waals surface area (Å²) in [7, 11) is 0. The minimum Gasteiger partial charge on any atom is -0.494 e. The number of carbonyl (C=O) groups excluding carboxylic acids is 1. The average Bonchev–Trinajstić information content (AvgIpc) is 2.98. The van der Waals surface area contributed by atoms with Crippen LogP contribution in [0, 0.1) is 0 Å². The van der Waals surface area contributed by atoms with Crippen molar-refractivity contribution < 1.29 is 9.53 Å². The molecule has 0 spiro atoms. The van der Waals surface area contributed by atoms with Crippen LogP contribution in [0.25, 0.3) is 0 Å². The van der Waals surface area contributed by atoms with Crippen molar-refractivity contribution in [1.82, 2.24) is 10.2 Å². The highest BCUT2D eigenvalue weighted by Crippen LogP contribution is 2.13. The molecule has 0 saturated carbocycles. The number of hydrogen-bond donors (Lipinski definition) is 1. The minimum atomic E-state index is 0.276. The predicted octanol–water partition coefficient (Wildman–Crippen LogP) is 2.19. The second kappa shape index (κ2) is 7.90. The van der Waals surface area contributed by atoms with E-state index in [9.17, 15) is 4.79 Å². The molecule has 1 aliphatic heterocycles. The second-order valence-electron chi connectivity index (χ2n) is 5.10. The molecule has 1 fully saturated rings. The van der Waals surface area contributed by atoms with E-state index in [1.54, 1.807) is 0 Å². The van der Waals surface area contributed by atoms with Gasteiger partial charge in [0.25, 0.3) is 0 Å². The van der Waals surface area contributed by atoms with Crippen LogP contribution < -0.4 is 10.1 Å². The molecule has 0 radical (unpaired) electrons. The third kappa shape index (κ3) is 4.53. The molecule has 0 aliphatic carbocycles. The third-order valence-electron chi connectivity index (χ3n) is 3.51. The Labute approximate surface area is 121 Å². The number of likely N-dealkylation sites (tertiary alicyclic amines) is 1. The van der Waals surface area contributed by atoms with Gasteiger partial charge in [-0.3, -0.25) is 4.79 Å². The Bertz CT molecular complexity index is 428. The van der Waals surface area contributed by atoms with Crippen molar-refractivity contribution >= 4 is 5.91 Å². The highest BCUT2D eigenvalue weighted by Gasteiger charge is 2.16. The van der Waals surface area contributed by atoms with E-state index < -0.39 is 0 Å². The molecule has 1 aromatic carbocycles. The van der Waals surface area contributed by atoms with E-state index >= 15 is 0 Å². The molecule has 4 heteroatoms. The van der Waals surface area contributed by atoms with Crippen molar-refractivity contribution in [3.63, 3.8) is 0 Å². The lowest BCUT2D eigenvalue weighted by Crippen LogP contribution is -2.30. The van der Waals surface area contributed by atoms with Crippen molar-refractivity contribution in [2.24, 2.45) is 0 Å². The maximum atomic E-state index is 11.9. The Morgan fingerprint density at radius 1 is 1.35 bits per heavy atom. The fourth-order valence-corrected chi connectivity index (χ4v) is 2.46. The van der Waals surface area contributed by atoms with Crippen LogP contribution in [0.3, 0.4) is 0 Å². The van der Waals surface area contributed by atoms with Gasteiger partial charge in [-0.2, -0.15) is 0 Å². The fourth-order valence-electron chi connectivity index (χ4n) is 2.46. The minimum absolute atomic E-state index is 0.276. The van der Waals surface area contributed by atoms with E-state index in [2.05, 4.69) is 11.4 Å². The van der Waals surface area contributed by atoms with E-state index in [0.717, 1.165) is 44.8 Å². The molecular formula is C16H24N2O2. The number of nitrogens with one attached hydrogen (secondary N) is 1. The Morgan fingerprint density at radius 2 is 2.15 bits per heavy atom. The standard InChI is InChI=1S/C16H24N2O2/c1-2-20-15-7-5-6-14(12-15)13-17-9-8-16(19)18-10-3-4-11-18/h5-7,12,17H,2-4,8-11,13H2,1H3. The van der Waals surface area contributed by atoms with Crippen LogP contribution in [0.1, 0.15) is 31.7 Å². The molecule has 4 nitrogen and oxygen atoms in total. The first-order valence-corrected chi connectivity index (χ1v) is 7.50. The molecule has 0 atom stereocenters. The van der Waals surface area contributed by atoms with Crippen molar-refractivity contribution in [3.05, 3.63) is 29.8 Å². The molecule has 0 bridgehead atoms. The number of carbonyl (C=O) groups is 1. The van der Waals surface area contributed by atoms with E-state index in [1.807, 2.05) is 30.0 Å². The molecule has 110 valence electrons. The molecule has 1 heterocycles. The molecule has 20 heavy (non-hydrogen) atoms. The summed E-state index contributed by atoms with van der Waals surface area (Å²) >= 11 is 0. The van der Waals surface area contributed by atoms with Gasteiger partial charge in [0.05, 0.1) is 6.61 Å². The van der Waals surface area contributed by atoms with Crippen LogP contribution in [0.4, 0.5) is 0 Å². The summed E-state index contributed by atoms with van der Waals surface area (Å²) < 4.78 is 5.47. The summed E-state index contributed by atoms with van der Waals surface area (Å²) in [5.41, 5.74) is 1.18. The van der Waals surface area contributed by atoms with Gasteiger partial charge in [0.15, 0.2) is 0 Å². The van der Waals surface area contributed by atoms with Gasteiger partial charge in [-0.1, -0.05) is 12.1 Å². The highest BCUT2D eigenvalue weighted by molar-refractivity contribution is 5.76. The lowest BCUT2D eigenvalue weighted by Gasteiger charge is -2.15. The zero-order chi connectivity index (χ0) is 14.2. The van der Waals surface area contributed by atoms with Gasteiger partial charge in [-0.05, 0) is 37.5 Å². The van der Waals surface area contributed by atoms with E-state index in [-0.39, 0.29) is 5.91 Å². The first-order valence-electron chi connectivity index (χ1n) is 7.50. The normalized spacial score (nSPS) is 14.6. The van der Waals surface area contributed by atoms with Crippen LogP contribution in [-0.4, -0.2) is 37.0 Å². The van der Waals surface area contributed by atoms with Crippen LogP contribution >= 0.6 is 0 Å². The number of benzene rings is 1. The molecular weight excluding hydrogens is 252 g/mol. The monoisotopic (exact) mass is 276 g/mol. The van der Waals surface area contributed by atoms with Crippen molar-refractivity contribution in [2.75, 3.05) is 26.2 Å². The molecule has 0 aromatic heterocycles. The van der Waals surface area contributed by atoms with Crippen LogP contribution in [0.15, 0.2) is 24.3 Å². The maximum absolute atomic E-state index is 11.9. The first-order chi connectivity index (χ1) is 9.79. The lowest BCUT2D eigenvalue weighted by molar-refractivity contribution is -0.130. The zero-order valence-electron chi connectivity index (χ0n) is 12.2. The van der Waals surface area contributed by atoms with E-state index in [1.165, 1.54) is 5.56 Å². The fraction of sp³-hybridized carbons (Fsp3) is 0.562. The average molecular weight is 276 g/mol. The Balaban J connectivity index is 1.67. The van der Waals surface area contributed by atoms with Crippen LogP contribution in [-0.2, 0) is 11.3 Å². The molecule has 1 saturated heterocycles. The Hall–Kier alpha value is -1.55. The molecule has 1 aromatic rings.